The Morgan fingerprint density at radius 3 is 2.31 bits per heavy atom. The van der Waals surface area contributed by atoms with Gasteiger partial charge in [-0.2, -0.15) is 8.42 Å². The molecule has 0 aromatic rings. The van der Waals surface area contributed by atoms with E-state index in [0.717, 1.165) is 94.6 Å². The third-order valence-electron chi connectivity index (χ3n) is 10.0. The molecule has 274 valence electrons. The Bertz CT molecular complexity index is 1190. The number of ether oxygens (including phenoxy) is 6. The monoisotopic (exact) mass is 696 g/mol. The van der Waals surface area contributed by atoms with Crippen LogP contribution in [0.2, 0.25) is 0 Å². The second kappa shape index (κ2) is 19.6. The lowest BCUT2D eigenvalue weighted by Crippen LogP contribution is -2.34. The molecule has 0 N–H and O–H groups in total. The Morgan fingerprint density at radius 1 is 1.00 bits per heavy atom. The number of esters is 1. The van der Waals surface area contributed by atoms with E-state index in [1.807, 2.05) is 0 Å². The summed E-state index contributed by atoms with van der Waals surface area (Å²) in [6, 6.07) is 0. The van der Waals surface area contributed by atoms with Crippen LogP contribution in [0.5, 0.6) is 0 Å². The van der Waals surface area contributed by atoms with Gasteiger partial charge in [0.05, 0.1) is 39.3 Å². The molecule has 48 heavy (non-hydrogen) atoms. The first-order valence-corrected chi connectivity index (χ1v) is 19.9. The minimum absolute atomic E-state index is 0.00625. The summed E-state index contributed by atoms with van der Waals surface area (Å²) in [6.45, 7) is 7.93. The zero-order valence-corrected chi connectivity index (χ0v) is 30.7. The smallest absolute Gasteiger partial charge is 0.331 e. The van der Waals surface area contributed by atoms with Crippen LogP contribution in [0.3, 0.4) is 0 Å². The van der Waals surface area contributed by atoms with Crippen molar-refractivity contribution in [1.82, 2.24) is 0 Å². The molecule has 2 heterocycles. The number of methoxy groups -OCH3 is 1. The van der Waals surface area contributed by atoms with E-state index in [9.17, 15) is 13.2 Å². The van der Waals surface area contributed by atoms with Crippen LogP contribution in [-0.2, 0) is 47.5 Å². The molecule has 0 radical (unpaired) electrons. The maximum atomic E-state index is 12.0. The zero-order chi connectivity index (χ0) is 34.5. The predicted molar refractivity (Wildman–Crippen MR) is 183 cm³/mol. The molecule has 0 aromatic heterocycles. The van der Waals surface area contributed by atoms with Gasteiger partial charge in [0.1, 0.15) is 12.4 Å². The van der Waals surface area contributed by atoms with Crippen LogP contribution in [0.25, 0.3) is 0 Å². The molecule has 4 rings (SSSR count). The van der Waals surface area contributed by atoms with Gasteiger partial charge < -0.3 is 28.4 Å². The molecule has 2 saturated heterocycles. The van der Waals surface area contributed by atoms with E-state index in [-0.39, 0.29) is 62.2 Å². The third-order valence-corrected chi connectivity index (χ3v) is 10.6. The Labute approximate surface area is 289 Å². The highest BCUT2D eigenvalue weighted by Crippen LogP contribution is 2.53. The van der Waals surface area contributed by atoms with Crippen LogP contribution in [0, 0.1) is 29.6 Å². The summed E-state index contributed by atoms with van der Waals surface area (Å²) < 4.78 is 65.3. The van der Waals surface area contributed by atoms with Crippen molar-refractivity contribution in [2.24, 2.45) is 29.6 Å². The molecule has 0 spiro atoms. The summed E-state index contributed by atoms with van der Waals surface area (Å²) in [5.74, 6) is 1.13. The van der Waals surface area contributed by atoms with Crippen molar-refractivity contribution in [3.63, 3.8) is 0 Å². The molecule has 3 fully saturated rings. The van der Waals surface area contributed by atoms with Gasteiger partial charge in [-0.1, -0.05) is 30.2 Å². The quantitative estimate of drug-likeness (QED) is 0.0615. The van der Waals surface area contributed by atoms with Crippen molar-refractivity contribution >= 4 is 16.1 Å². The van der Waals surface area contributed by atoms with Gasteiger partial charge >= 0.3 is 5.97 Å². The van der Waals surface area contributed by atoms with E-state index in [1.165, 1.54) is 12.7 Å². The average molecular weight is 697 g/mol. The van der Waals surface area contributed by atoms with Crippen molar-refractivity contribution in [2.45, 2.75) is 117 Å². The Balaban J connectivity index is 1.56. The van der Waals surface area contributed by atoms with E-state index in [1.54, 1.807) is 0 Å². The zero-order valence-electron chi connectivity index (χ0n) is 29.9. The predicted octanol–water partition coefficient (Wildman–Crippen LogP) is 6.85. The third kappa shape index (κ3) is 12.8. The summed E-state index contributed by atoms with van der Waals surface area (Å²) >= 11 is 0. The lowest BCUT2D eigenvalue weighted by molar-refractivity contribution is -0.201. The van der Waals surface area contributed by atoms with E-state index in [4.69, 9.17) is 32.6 Å². The fraction of sp³-hybridized carbons (Fsp3) is 0.811. The van der Waals surface area contributed by atoms with Gasteiger partial charge in [-0.15, -0.1) is 0 Å². The Kier molecular flexibility index (Phi) is 15.9. The first-order chi connectivity index (χ1) is 23.0. The molecule has 0 bridgehead atoms. The Morgan fingerprint density at radius 2 is 1.69 bits per heavy atom. The number of hydrogen-bond donors (Lipinski definition) is 0. The SMILES string of the molecule is COC(=O)COCC(COS(C)(=O)=O)C1=CC2C[C@@H](OC3CCCCO3)[C@H](C(=CCC[C@H](C)CCC=C(C)C)OC3CCCCO3)C2C1. The highest BCUT2D eigenvalue weighted by Gasteiger charge is 2.50. The number of rotatable bonds is 19. The van der Waals surface area contributed by atoms with Gasteiger partial charge in [-0.3, -0.25) is 4.18 Å². The summed E-state index contributed by atoms with van der Waals surface area (Å²) in [4.78, 5) is 11.7. The van der Waals surface area contributed by atoms with Crippen LogP contribution >= 0.6 is 0 Å². The van der Waals surface area contributed by atoms with Crippen LogP contribution in [0.4, 0.5) is 0 Å². The maximum absolute atomic E-state index is 12.0. The van der Waals surface area contributed by atoms with Gasteiger partial charge in [0, 0.05) is 24.9 Å². The fourth-order valence-electron chi connectivity index (χ4n) is 7.41. The number of fused-ring (bicyclic) bond motifs is 1. The summed E-state index contributed by atoms with van der Waals surface area (Å²) in [7, 11) is -2.35. The molecular weight excluding hydrogens is 636 g/mol. The molecule has 2 aliphatic carbocycles. The second-order valence-electron chi connectivity index (χ2n) is 14.3. The van der Waals surface area contributed by atoms with Gasteiger partial charge in [0.15, 0.2) is 12.6 Å². The molecule has 1 saturated carbocycles. The summed E-state index contributed by atoms with van der Waals surface area (Å²) in [5.41, 5.74) is 2.44. The van der Waals surface area contributed by atoms with Crippen LogP contribution in [0.15, 0.2) is 35.1 Å². The second-order valence-corrected chi connectivity index (χ2v) is 16.0. The normalized spacial score (nSPS) is 29.1. The Hall–Kier alpha value is -1.76. The largest absolute Gasteiger partial charge is 0.469 e. The van der Waals surface area contributed by atoms with Gasteiger partial charge in [-0.05, 0) is 108 Å². The van der Waals surface area contributed by atoms with Crippen molar-refractivity contribution in [3.8, 4) is 0 Å². The first kappa shape index (κ1) is 39.0. The van der Waals surface area contributed by atoms with Crippen molar-refractivity contribution < 1.29 is 45.8 Å². The molecule has 10 nitrogen and oxygen atoms in total. The van der Waals surface area contributed by atoms with Gasteiger partial charge in [0.25, 0.3) is 10.1 Å². The number of hydrogen-bond acceptors (Lipinski definition) is 10. The number of allylic oxidation sites excluding steroid dienone is 4. The summed E-state index contributed by atoms with van der Waals surface area (Å²) in [5, 5.41) is 0. The van der Waals surface area contributed by atoms with Crippen LogP contribution in [0.1, 0.15) is 97.8 Å². The lowest BCUT2D eigenvalue weighted by atomic mass is 9.85. The maximum Gasteiger partial charge on any atom is 0.331 e. The van der Waals surface area contributed by atoms with Crippen molar-refractivity contribution in [3.05, 3.63) is 35.1 Å². The standard InChI is InChI=1S/C37H60O10S/c1-26(2)12-10-13-27(3)14-11-15-32(46-35-16-6-8-18-43-35)37-31-21-28(20-29(31)22-33(37)47-36-17-7-9-19-44-36)30(24-45-48(5,39)40)23-42-25-34(38)41-4/h12,15,20,27,29-31,33,35-37H,6-11,13-14,16-19,21-25H2,1-5H3/t27-,29?,30?,31?,33-,35?,36?,37+/m1/s1. The lowest BCUT2D eigenvalue weighted by Gasteiger charge is -2.34. The highest BCUT2D eigenvalue weighted by molar-refractivity contribution is 7.85. The fourth-order valence-corrected chi connectivity index (χ4v) is 7.82. The molecular formula is C37H60O10S. The minimum atomic E-state index is -3.66. The highest BCUT2D eigenvalue weighted by atomic mass is 32.2. The van der Waals surface area contributed by atoms with E-state index >= 15 is 0 Å². The van der Waals surface area contributed by atoms with Crippen LogP contribution < -0.4 is 0 Å². The van der Waals surface area contributed by atoms with Crippen molar-refractivity contribution in [2.75, 3.05) is 46.4 Å². The average Bonchev–Trinajstić information content (AvgIpc) is 3.60. The van der Waals surface area contributed by atoms with E-state index in [2.05, 4.69) is 39.0 Å². The van der Waals surface area contributed by atoms with Gasteiger partial charge in [-0.25, -0.2) is 4.79 Å². The summed E-state index contributed by atoms with van der Waals surface area (Å²) in [6.07, 6.45) is 19.1. The molecule has 11 heteroatoms. The van der Waals surface area contributed by atoms with E-state index in [0.29, 0.717) is 19.1 Å². The molecule has 0 amide bonds. The first-order valence-electron chi connectivity index (χ1n) is 18.1. The molecule has 8 atom stereocenters. The molecule has 4 aliphatic rings. The molecule has 5 unspecified atom stereocenters. The molecule has 2 aliphatic heterocycles. The van der Waals surface area contributed by atoms with Crippen LogP contribution in [-0.4, -0.2) is 79.5 Å². The van der Waals surface area contributed by atoms with E-state index < -0.39 is 16.1 Å². The van der Waals surface area contributed by atoms with Crippen molar-refractivity contribution in [1.29, 1.82) is 0 Å². The number of carbonyl (C=O) groups excluding carboxylic acids is 1. The topological polar surface area (TPSA) is 116 Å². The molecule has 0 aromatic carbocycles. The van der Waals surface area contributed by atoms with Gasteiger partial charge in [0.2, 0.25) is 0 Å². The minimum Gasteiger partial charge on any atom is -0.469 e. The number of carbonyl (C=O) groups is 1.